The molecule has 0 aliphatic carbocycles. The highest BCUT2D eigenvalue weighted by Crippen LogP contribution is 2.06. The Morgan fingerprint density at radius 3 is 2.07 bits per heavy atom. The molecule has 1 heterocycles. The molecule has 0 saturated carbocycles. The number of hydrazine groups is 1. The molecule has 3 N–H and O–H groups in total. The van der Waals surface area contributed by atoms with E-state index in [2.05, 4.69) is 21.1 Å². The number of hydrogen-bond acceptors (Lipinski definition) is 9. The van der Waals surface area contributed by atoms with Gasteiger partial charge in [0.05, 0.1) is 25.5 Å². The van der Waals surface area contributed by atoms with Gasteiger partial charge in [0.1, 0.15) is 17.4 Å². The zero-order valence-electron chi connectivity index (χ0n) is 17.7. The van der Waals surface area contributed by atoms with E-state index >= 15 is 0 Å². The van der Waals surface area contributed by atoms with E-state index in [1.54, 1.807) is 52.7 Å². The van der Waals surface area contributed by atoms with Crippen LogP contribution in [-0.2, 0) is 30.8 Å². The number of hydrogen-bond donors (Lipinski definition) is 2. The van der Waals surface area contributed by atoms with Crippen LogP contribution in [0.5, 0.6) is 0 Å². The second-order valence-corrected chi connectivity index (χ2v) is 5.07. The zero-order valence-corrected chi connectivity index (χ0v) is 17.7. The lowest BCUT2D eigenvalue weighted by molar-refractivity contribution is -0.140. The van der Waals surface area contributed by atoms with Crippen LogP contribution in [0.3, 0.4) is 0 Å². The summed E-state index contributed by atoms with van der Waals surface area (Å²) in [6.07, 6.45) is 2.80. The van der Waals surface area contributed by atoms with Gasteiger partial charge in [-0.3, -0.25) is 20.7 Å². The molecule has 0 saturated heterocycles. The molecule has 0 amide bonds. The van der Waals surface area contributed by atoms with Gasteiger partial charge in [-0.2, -0.15) is 5.10 Å². The first-order valence-corrected chi connectivity index (χ1v) is 8.74. The number of nitrogens with two attached hydrogens (primary N) is 1. The van der Waals surface area contributed by atoms with Crippen molar-refractivity contribution in [3.05, 3.63) is 29.3 Å². The Kier molecular flexibility index (Phi) is 16.2. The topological polar surface area (TPSA) is 135 Å². The van der Waals surface area contributed by atoms with E-state index < -0.39 is 5.97 Å². The third kappa shape index (κ3) is 11.8. The maximum absolute atomic E-state index is 11.2. The van der Waals surface area contributed by atoms with Gasteiger partial charge >= 0.3 is 11.9 Å². The average molecular weight is 400 g/mol. The summed E-state index contributed by atoms with van der Waals surface area (Å²) in [7, 11) is 3.43. The maximum Gasteiger partial charge on any atom is 0.344 e. The summed E-state index contributed by atoms with van der Waals surface area (Å²) >= 11 is 0. The number of aromatic nitrogens is 2. The predicted octanol–water partition coefficient (Wildman–Crippen LogP) is 1.04. The van der Waals surface area contributed by atoms with Gasteiger partial charge in [-0.1, -0.05) is 0 Å². The number of ketones is 1. The quantitative estimate of drug-likeness (QED) is 0.131. The van der Waals surface area contributed by atoms with Crippen LogP contribution in [0.25, 0.3) is 0 Å². The monoisotopic (exact) mass is 400 g/mol. The molecule has 10 heteroatoms. The van der Waals surface area contributed by atoms with E-state index in [0.717, 1.165) is 6.26 Å². The number of esters is 2. The van der Waals surface area contributed by atoms with E-state index in [1.165, 1.54) is 6.92 Å². The number of ether oxygens (including phenoxy) is 3. The minimum Gasteiger partial charge on any atom is -0.500 e. The van der Waals surface area contributed by atoms with Crippen molar-refractivity contribution in [1.29, 1.82) is 0 Å². The fourth-order valence-electron chi connectivity index (χ4n) is 1.66. The van der Waals surface area contributed by atoms with Crippen molar-refractivity contribution in [1.82, 2.24) is 15.2 Å². The van der Waals surface area contributed by atoms with Crippen LogP contribution < -0.4 is 11.3 Å². The van der Waals surface area contributed by atoms with Gasteiger partial charge in [-0.05, 0) is 41.7 Å². The molecule has 0 bridgehead atoms. The van der Waals surface area contributed by atoms with Gasteiger partial charge in [-0.25, -0.2) is 9.59 Å². The molecule has 1 aromatic rings. The molecule has 0 unspecified atom stereocenters. The van der Waals surface area contributed by atoms with E-state index in [4.69, 9.17) is 9.47 Å². The number of nitrogens with zero attached hydrogens (tertiary/aromatic N) is 2. The van der Waals surface area contributed by atoms with Gasteiger partial charge in [0.2, 0.25) is 0 Å². The van der Waals surface area contributed by atoms with Crippen molar-refractivity contribution >= 4 is 17.7 Å². The van der Waals surface area contributed by atoms with Crippen LogP contribution in [0.15, 0.2) is 18.0 Å². The van der Waals surface area contributed by atoms with Crippen molar-refractivity contribution in [2.45, 2.75) is 34.6 Å². The number of carbonyl (C=O) groups excluding carboxylic acids is 3. The minimum atomic E-state index is -0.636. The van der Waals surface area contributed by atoms with Crippen molar-refractivity contribution in [2.75, 3.05) is 26.9 Å². The van der Waals surface area contributed by atoms with E-state index in [9.17, 15) is 14.4 Å². The molecule has 10 nitrogen and oxygen atoms in total. The second-order valence-electron chi connectivity index (χ2n) is 5.07. The molecule has 1 rings (SSSR count). The summed E-state index contributed by atoms with van der Waals surface area (Å²) in [6, 6.07) is 0. The SMILES string of the molecule is CCO/C=C(/C(C)=O)C(=O)OCC.CCOC(=O)c1cn(C)nc1C.CNN. The van der Waals surface area contributed by atoms with Crippen LogP contribution in [0.2, 0.25) is 0 Å². The van der Waals surface area contributed by atoms with Crippen molar-refractivity contribution in [3.63, 3.8) is 0 Å². The minimum absolute atomic E-state index is 0.0521. The largest absolute Gasteiger partial charge is 0.500 e. The summed E-state index contributed by atoms with van der Waals surface area (Å²) in [5.41, 5.74) is 3.44. The molecular weight excluding hydrogens is 368 g/mol. The van der Waals surface area contributed by atoms with Crippen LogP contribution in [0, 0.1) is 6.92 Å². The lowest BCUT2D eigenvalue weighted by atomic mass is 10.2. The third-order valence-electron chi connectivity index (χ3n) is 2.75. The molecule has 160 valence electrons. The normalized spacial score (nSPS) is 9.93. The van der Waals surface area contributed by atoms with Crippen LogP contribution in [-0.4, -0.2) is 54.4 Å². The Balaban J connectivity index is 0. The molecule has 1 aromatic heterocycles. The van der Waals surface area contributed by atoms with Gasteiger partial charge in [-0.15, -0.1) is 0 Å². The van der Waals surface area contributed by atoms with E-state index in [0.29, 0.717) is 24.5 Å². The first-order valence-electron chi connectivity index (χ1n) is 8.74. The average Bonchev–Trinajstić information content (AvgIpc) is 2.95. The highest BCUT2D eigenvalue weighted by molar-refractivity contribution is 6.16. The molecule has 0 atom stereocenters. The first-order chi connectivity index (χ1) is 13.2. The van der Waals surface area contributed by atoms with Crippen molar-refractivity contribution < 1.29 is 28.6 Å². The summed E-state index contributed by atoms with van der Waals surface area (Å²) < 4.78 is 15.9. The number of Topliss-reactive ketones (excluding diaryl/α,β-unsaturated/α-hetero) is 1. The Morgan fingerprint density at radius 2 is 1.71 bits per heavy atom. The second kappa shape index (κ2) is 16.5. The fourth-order valence-corrected chi connectivity index (χ4v) is 1.66. The molecule has 0 radical (unpaired) electrons. The number of rotatable bonds is 7. The molecule has 0 spiro atoms. The zero-order chi connectivity index (χ0) is 22.1. The van der Waals surface area contributed by atoms with Crippen molar-refractivity contribution in [2.24, 2.45) is 12.9 Å². The summed E-state index contributed by atoms with van der Waals surface area (Å²) in [6.45, 7) is 9.35. The molecule has 0 aliphatic rings. The molecule has 0 fully saturated rings. The van der Waals surface area contributed by atoms with E-state index in [1.807, 2.05) is 0 Å². The number of aryl methyl sites for hydroxylation is 2. The highest BCUT2D eigenvalue weighted by atomic mass is 16.5. The van der Waals surface area contributed by atoms with Gasteiger partial charge in [0, 0.05) is 13.2 Å². The van der Waals surface area contributed by atoms with Crippen LogP contribution in [0.4, 0.5) is 0 Å². The smallest absolute Gasteiger partial charge is 0.344 e. The number of carbonyl (C=O) groups is 3. The van der Waals surface area contributed by atoms with Crippen molar-refractivity contribution in [3.8, 4) is 0 Å². The third-order valence-corrected chi connectivity index (χ3v) is 2.75. The maximum atomic E-state index is 11.2. The van der Waals surface area contributed by atoms with Crippen LogP contribution >= 0.6 is 0 Å². The highest BCUT2D eigenvalue weighted by Gasteiger charge is 2.15. The molecule has 28 heavy (non-hydrogen) atoms. The Hall–Kier alpha value is -2.72. The summed E-state index contributed by atoms with van der Waals surface area (Å²) in [4.78, 5) is 33.2. The molecule has 0 aromatic carbocycles. The van der Waals surface area contributed by atoms with E-state index in [-0.39, 0.29) is 23.9 Å². The lowest BCUT2D eigenvalue weighted by Crippen LogP contribution is -2.14. The summed E-state index contributed by atoms with van der Waals surface area (Å²) in [5, 5.41) is 4.03. The fraction of sp³-hybridized carbons (Fsp3) is 0.556. The van der Waals surface area contributed by atoms with Crippen LogP contribution in [0.1, 0.15) is 43.7 Å². The lowest BCUT2D eigenvalue weighted by Gasteiger charge is -2.03. The molecular formula is C18H32N4O6. The van der Waals surface area contributed by atoms with Gasteiger partial charge < -0.3 is 14.2 Å². The Morgan fingerprint density at radius 1 is 1.18 bits per heavy atom. The predicted molar refractivity (Wildman–Crippen MR) is 104 cm³/mol. The Bertz CT molecular complexity index is 640. The standard InChI is InChI=1S/C9H14O4.C8H12N2O2.CH6N2/c1-4-12-6-8(7(3)10)9(11)13-5-2;1-4-12-8(11)7-5-10(3)9-6(7)2;1-3-2/h6H,4-5H2,1-3H3;5H,4H2,1-3H3;3H,2H2,1H3/b8-6-;;. The number of nitrogens with one attached hydrogen (secondary N) is 1. The molecule has 0 aliphatic heterocycles. The summed E-state index contributed by atoms with van der Waals surface area (Å²) in [5.74, 6) is 3.30. The Labute approximate surface area is 166 Å². The first kappa shape index (κ1) is 27.5. The van der Waals surface area contributed by atoms with Gasteiger partial charge in [0.25, 0.3) is 0 Å². The van der Waals surface area contributed by atoms with Gasteiger partial charge in [0.15, 0.2) is 5.78 Å².